The van der Waals surface area contributed by atoms with Gasteiger partial charge in [-0.2, -0.15) is 10.4 Å². The minimum Gasteiger partial charge on any atom is -0.369 e. The molecular formula is C32H36FN5O3S. The molecule has 42 heavy (non-hydrogen) atoms. The summed E-state index contributed by atoms with van der Waals surface area (Å²) in [6.07, 6.45) is 5.66. The van der Waals surface area contributed by atoms with E-state index in [4.69, 9.17) is 5.10 Å². The Labute approximate surface area is 246 Å². The third-order valence-corrected chi connectivity index (χ3v) is 10.7. The molecule has 3 fully saturated rings. The summed E-state index contributed by atoms with van der Waals surface area (Å²) in [5.41, 5.74) is 3.58. The Morgan fingerprint density at radius 1 is 1.02 bits per heavy atom. The van der Waals surface area contributed by atoms with Crippen LogP contribution in [-0.2, 0) is 14.6 Å². The van der Waals surface area contributed by atoms with Gasteiger partial charge in [0.15, 0.2) is 9.84 Å². The molecular weight excluding hydrogens is 553 g/mol. The zero-order valence-corrected chi connectivity index (χ0v) is 24.8. The first-order valence-corrected chi connectivity index (χ1v) is 16.4. The van der Waals surface area contributed by atoms with Crippen molar-refractivity contribution in [1.29, 1.82) is 5.26 Å². The summed E-state index contributed by atoms with van der Waals surface area (Å²) in [5.74, 6) is -0.619. The number of nitrogens with one attached hydrogen (secondary N) is 1. The van der Waals surface area contributed by atoms with Gasteiger partial charge >= 0.3 is 0 Å². The van der Waals surface area contributed by atoms with Gasteiger partial charge in [0.25, 0.3) is 0 Å². The van der Waals surface area contributed by atoms with Crippen LogP contribution in [0.3, 0.4) is 0 Å². The second kappa shape index (κ2) is 10.5. The lowest BCUT2D eigenvalue weighted by Gasteiger charge is -2.40. The number of nitrogens with zero attached hydrogens (tertiary/aromatic N) is 4. The van der Waals surface area contributed by atoms with Gasteiger partial charge < -0.3 is 10.2 Å². The Balaban J connectivity index is 1.38. The monoisotopic (exact) mass is 589 g/mol. The largest absolute Gasteiger partial charge is 0.369 e. The molecule has 220 valence electrons. The molecule has 0 spiro atoms. The van der Waals surface area contributed by atoms with Crippen molar-refractivity contribution in [3.8, 4) is 22.9 Å². The van der Waals surface area contributed by atoms with Crippen molar-refractivity contribution in [1.82, 2.24) is 15.1 Å². The molecule has 2 saturated carbocycles. The summed E-state index contributed by atoms with van der Waals surface area (Å²) in [5, 5.41) is 17.7. The highest BCUT2D eigenvalue weighted by Gasteiger charge is 2.48. The maximum absolute atomic E-state index is 13.7. The molecule has 1 N–H and O–H groups in total. The summed E-state index contributed by atoms with van der Waals surface area (Å²) in [7, 11) is -2.98. The van der Waals surface area contributed by atoms with E-state index in [9.17, 15) is 22.9 Å². The molecule has 1 aliphatic heterocycles. The number of benzene rings is 2. The SMILES string of the molecule is CC1(C)CC[C@@H](C(=O)NC2(C#N)CC2)[C@H](c2nn(-c3ccc(F)cc3)cc2-c2ccc(N3CCS(=O)(=O)CC3)cc2)C1. The van der Waals surface area contributed by atoms with Gasteiger partial charge in [0, 0.05) is 42.4 Å². The second-order valence-electron chi connectivity index (χ2n) is 12.8. The predicted octanol–water partition coefficient (Wildman–Crippen LogP) is 5.00. The number of hydrogen-bond donors (Lipinski definition) is 1. The number of anilines is 1. The topological polar surface area (TPSA) is 108 Å². The zero-order chi connectivity index (χ0) is 29.7. The van der Waals surface area contributed by atoms with Gasteiger partial charge in [-0.1, -0.05) is 26.0 Å². The van der Waals surface area contributed by atoms with Gasteiger partial charge in [0.1, 0.15) is 11.4 Å². The standard InChI is InChI=1S/C32H36FN5O3S/c1-31(2)12-11-26(30(39)35-32(21-34)13-14-32)27(19-31)29-28(20-38(36-29)25-9-5-23(33)6-10-25)22-3-7-24(8-4-22)37-15-17-42(40,41)18-16-37/h3-10,20,26-27H,11-19H2,1-2H3,(H,35,39)/t26-,27-/m1/s1. The molecule has 0 radical (unpaired) electrons. The van der Waals surface area contributed by atoms with Gasteiger partial charge in [-0.25, -0.2) is 17.5 Å². The van der Waals surface area contributed by atoms with Crippen LogP contribution in [0.15, 0.2) is 54.7 Å². The van der Waals surface area contributed by atoms with E-state index in [-0.39, 0.29) is 40.5 Å². The van der Waals surface area contributed by atoms with Crippen molar-refractivity contribution < 1.29 is 17.6 Å². The Kier molecular flexibility index (Phi) is 7.12. The van der Waals surface area contributed by atoms with Crippen LogP contribution >= 0.6 is 0 Å². The van der Waals surface area contributed by atoms with Crippen molar-refractivity contribution in [3.05, 3.63) is 66.2 Å². The number of aromatic nitrogens is 2. The number of rotatable bonds is 6. The summed E-state index contributed by atoms with van der Waals surface area (Å²) < 4.78 is 39.3. The first kappa shape index (κ1) is 28.4. The lowest BCUT2D eigenvalue weighted by molar-refractivity contribution is -0.128. The summed E-state index contributed by atoms with van der Waals surface area (Å²) in [6.45, 7) is 5.37. The van der Waals surface area contributed by atoms with E-state index >= 15 is 0 Å². The molecule has 2 aliphatic carbocycles. The fourth-order valence-electron chi connectivity index (χ4n) is 6.34. The van der Waals surface area contributed by atoms with E-state index in [0.29, 0.717) is 38.0 Å². The smallest absolute Gasteiger partial charge is 0.225 e. The van der Waals surface area contributed by atoms with Gasteiger partial charge in [-0.3, -0.25) is 4.79 Å². The van der Waals surface area contributed by atoms with E-state index < -0.39 is 15.4 Å². The maximum atomic E-state index is 13.7. The van der Waals surface area contributed by atoms with E-state index in [0.717, 1.165) is 35.3 Å². The molecule has 1 amide bonds. The molecule has 2 heterocycles. The molecule has 1 aromatic heterocycles. The molecule has 10 heteroatoms. The summed E-state index contributed by atoms with van der Waals surface area (Å²) >= 11 is 0. The minimum absolute atomic E-state index is 0.00330. The van der Waals surface area contributed by atoms with Crippen LogP contribution in [0.1, 0.15) is 57.6 Å². The van der Waals surface area contributed by atoms with Gasteiger partial charge in [0.2, 0.25) is 5.91 Å². The predicted molar refractivity (Wildman–Crippen MR) is 159 cm³/mol. The van der Waals surface area contributed by atoms with Gasteiger partial charge in [-0.05, 0) is 79.5 Å². The van der Waals surface area contributed by atoms with Crippen LogP contribution < -0.4 is 10.2 Å². The molecule has 0 unspecified atom stereocenters. The van der Waals surface area contributed by atoms with E-state index in [1.807, 2.05) is 30.5 Å². The van der Waals surface area contributed by atoms with Gasteiger partial charge in [0.05, 0.1) is 29.0 Å². The number of halogens is 1. The Bertz CT molecular complexity index is 1620. The van der Waals surface area contributed by atoms with E-state index in [2.05, 4.69) is 30.1 Å². The van der Waals surface area contributed by atoms with Crippen LogP contribution in [0.25, 0.3) is 16.8 Å². The zero-order valence-electron chi connectivity index (χ0n) is 24.0. The number of sulfone groups is 1. The van der Waals surface area contributed by atoms with Crippen LogP contribution in [0, 0.1) is 28.5 Å². The number of nitriles is 1. The minimum atomic E-state index is -2.98. The second-order valence-corrected chi connectivity index (χ2v) is 15.1. The van der Waals surface area contributed by atoms with E-state index in [1.54, 1.807) is 16.8 Å². The average molecular weight is 590 g/mol. The van der Waals surface area contributed by atoms with Crippen molar-refractivity contribution in [3.63, 3.8) is 0 Å². The maximum Gasteiger partial charge on any atom is 0.225 e. The van der Waals surface area contributed by atoms with Crippen LogP contribution in [0.5, 0.6) is 0 Å². The fourth-order valence-corrected chi connectivity index (χ4v) is 7.54. The van der Waals surface area contributed by atoms with Crippen molar-refractivity contribution in [2.24, 2.45) is 11.3 Å². The molecule has 1 saturated heterocycles. The first-order chi connectivity index (χ1) is 20.0. The molecule has 3 aromatic rings. The third-order valence-electron chi connectivity index (χ3n) is 9.13. The summed E-state index contributed by atoms with van der Waals surface area (Å²) in [6, 6.07) is 16.5. The van der Waals surface area contributed by atoms with E-state index in [1.165, 1.54) is 12.1 Å². The van der Waals surface area contributed by atoms with Crippen molar-refractivity contribution in [2.45, 2.75) is 57.4 Å². The molecule has 3 aliphatic rings. The molecule has 0 bridgehead atoms. The van der Waals surface area contributed by atoms with Crippen LogP contribution in [0.4, 0.5) is 10.1 Å². The number of carbonyl (C=O) groups is 1. The number of amides is 1. The average Bonchev–Trinajstić information content (AvgIpc) is 3.59. The summed E-state index contributed by atoms with van der Waals surface area (Å²) in [4.78, 5) is 15.7. The van der Waals surface area contributed by atoms with Crippen molar-refractivity contribution in [2.75, 3.05) is 29.5 Å². The highest BCUT2D eigenvalue weighted by molar-refractivity contribution is 7.91. The molecule has 6 rings (SSSR count). The van der Waals surface area contributed by atoms with Crippen LogP contribution in [-0.4, -0.2) is 54.2 Å². The Morgan fingerprint density at radius 3 is 2.29 bits per heavy atom. The lowest BCUT2D eigenvalue weighted by Crippen LogP contribution is -2.44. The quantitative estimate of drug-likeness (QED) is 0.434. The highest BCUT2D eigenvalue weighted by Crippen LogP contribution is 2.49. The lowest BCUT2D eigenvalue weighted by atomic mass is 9.65. The first-order valence-electron chi connectivity index (χ1n) is 14.6. The Hall–Kier alpha value is -3.71. The van der Waals surface area contributed by atoms with Gasteiger partial charge in [-0.15, -0.1) is 0 Å². The normalized spacial score (nSPS) is 24.0. The molecule has 2 atom stereocenters. The third kappa shape index (κ3) is 5.80. The number of carbonyl (C=O) groups excluding carboxylic acids is 1. The molecule has 8 nitrogen and oxygen atoms in total. The molecule has 2 aromatic carbocycles. The Morgan fingerprint density at radius 2 is 1.67 bits per heavy atom. The highest BCUT2D eigenvalue weighted by atomic mass is 32.2. The fraction of sp³-hybridized carbons (Fsp3) is 0.469. The van der Waals surface area contributed by atoms with Crippen LogP contribution in [0.2, 0.25) is 0 Å². The number of hydrogen-bond acceptors (Lipinski definition) is 6. The van der Waals surface area contributed by atoms with Crippen molar-refractivity contribution >= 4 is 21.4 Å².